The molecule has 0 radical (unpaired) electrons. The highest BCUT2D eigenvalue weighted by Gasteiger charge is 2.52. The molecule has 15 atom stereocenters. The van der Waals surface area contributed by atoms with Crippen LogP contribution in [-0.4, -0.2) is 178 Å². The summed E-state index contributed by atoms with van der Waals surface area (Å²) in [5.74, 6) is 0.0968. The van der Waals surface area contributed by atoms with Crippen molar-refractivity contribution < 1.29 is 71.9 Å². The summed E-state index contributed by atoms with van der Waals surface area (Å²) in [5.41, 5.74) is 19.0. The van der Waals surface area contributed by atoms with Crippen LogP contribution in [0.1, 0.15) is 18.7 Å². The fourth-order valence-electron chi connectivity index (χ4n) is 7.99. The molecular weight excluding hydrogens is 1060 g/mol. The SMILES string of the molecule is Nc1ncnc2c1ncn2[C@@H]1O[C@H](COP(O)(=S)O[C@@H]2[C@H](O)[C@@H](COP(O)(=S)O[C@@H]3[C@H](O)[C@@H](COP(O)(=S)n4ccnc4)O[C@H]3n3cnc4c(N)ncnc43)O[C@H]2n2cnc3c(N)ncnc32)[C@@H](O)[C@H]1O. The van der Waals surface area contributed by atoms with Crippen LogP contribution in [0.3, 0.4) is 0 Å². The third kappa shape index (κ3) is 9.68. The van der Waals surface area contributed by atoms with Crippen LogP contribution in [0.15, 0.2) is 56.7 Å². The van der Waals surface area contributed by atoms with E-state index in [1.54, 1.807) is 0 Å². The molecule has 0 aliphatic carbocycles. The van der Waals surface area contributed by atoms with Crippen LogP contribution >= 0.6 is 20.1 Å². The average molecular weight is 1100 g/mol. The van der Waals surface area contributed by atoms with E-state index in [4.69, 9.17) is 89.5 Å². The Hall–Kier alpha value is -4.39. The molecule has 0 saturated carbocycles. The molecule has 3 aliphatic rings. The summed E-state index contributed by atoms with van der Waals surface area (Å²) in [4.78, 5) is 74.9. The second kappa shape index (κ2) is 19.5. The van der Waals surface area contributed by atoms with Gasteiger partial charge < -0.3 is 80.1 Å². The molecule has 0 bridgehead atoms. The number of aliphatic hydroxyl groups excluding tert-OH is 4. The predicted molar refractivity (Wildman–Crippen MR) is 250 cm³/mol. The fraction of sp³-hybridized carbons (Fsp3) is 0.455. The van der Waals surface area contributed by atoms with Crippen molar-refractivity contribution in [2.75, 3.05) is 37.0 Å². The molecule has 0 amide bonds. The zero-order valence-electron chi connectivity index (χ0n) is 35.7. The monoisotopic (exact) mass is 1100 g/mol. The van der Waals surface area contributed by atoms with Gasteiger partial charge in [-0.15, -0.1) is 0 Å². The van der Waals surface area contributed by atoms with Crippen molar-refractivity contribution >= 4 is 106 Å². The molecule has 10 rings (SSSR count). The van der Waals surface area contributed by atoms with Gasteiger partial charge in [-0.3, -0.25) is 27.1 Å². The Morgan fingerprint density at radius 1 is 0.521 bits per heavy atom. The number of hydrogen-bond acceptors (Lipinski definition) is 28. The number of ether oxygens (including phenoxy) is 3. The number of nitrogens with zero attached hydrogens (tertiary/aromatic N) is 14. The molecule has 32 nitrogen and oxygen atoms in total. The number of imidazole rings is 4. The summed E-state index contributed by atoms with van der Waals surface area (Å²) in [5, 5.41) is 45.4. The summed E-state index contributed by atoms with van der Waals surface area (Å²) in [7, 11) is 0. The minimum Gasteiger partial charge on any atom is -0.387 e. The minimum absolute atomic E-state index is 0.00179. The van der Waals surface area contributed by atoms with E-state index in [-0.39, 0.29) is 50.9 Å². The standard InChI is InChI=1S/C33H40N17O15P3S3/c34-25-16-28(41-6-38-25)48(10-44-16)31-22(54)19(51)13(61-31)4-59-67(56,70)65-24-21(53)15(63-33(24)50-12-46-18-27(36)40-8-43-30(18)50)5-60-68(57,71)64-23-20(52)14(3-58-66(55,69)47-2-1-37-9-47)62-32(23)49-11-45-17-26(35)39-7-42-29(17)49/h1-2,6-15,19-24,31-33,51-54H,3-5H2,(H,55,69)(H,56,70)(H,57,71)(H2,34,38,41)(H2,35,39,42)(H2,36,40,43)/t13-,14-,15-,19-,20-,21-,22-,23-,24-,31-,32-,33-,66?,67?,68?/m1/s1. The maximum absolute atomic E-state index is 11.8. The van der Waals surface area contributed by atoms with E-state index in [2.05, 4.69) is 49.8 Å². The fourth-order valence-corrected chi connectivity index (χ4v) is 12.2. The van der Waals surface area contributed by atoms with Crippen molar-refractivity contribution in [3.63, 3.8) is 0 Å². The second-order valence-corrected chi connectivity index (χ2v) is 24.5. The van der Waals surface area contributed by atoms with Gasteiger partial charge in [-0.05, 0) is 35.4 Å². The van der Waals surface area contributed by atoms with Gasteiger partial charge in [-0.25, -0.2) is 49.8 Å². The van der Waals surface area contributed by atoms with Crippen molar-refractivity contribution in [2.45, 2.75) is 73.6 Å². The van der Waals surface area contributed by atoms with Crippen LogP contribution in [0.25, 0.3) is 33.5 Å². The van der Waals surface area contributed by atoms with E-state index in [0.717, 1.165) is 6.33 Å². The van der Waals surface area contributed by atoms with Gasteiger partial charge in [0.25, 0.3) is 6.64 Å². The minimum atomic E-state index is -4.51. The number of aliphatic hydroxyl groups is 4. The number of nitrogens with two attached hydrogens (primary N) is 3. The van der Waals surface area contributed by atoms with Gasteiger partial charge in [-0.1, -0.05) is 0 Å². The lowest BCUT2D eigenvalue weighted by atomic mass is 10.1. The number of fused-ring (bicyclic) bond motifs is 3. The summed E-state index contributed by atoms with van der Waals surface area (Å²) in [6, 6.07) is 0. The average Bonchev–Trinajstić information content (AvgIpc) is 4.21. The molecule has 380 valence electrons. The van der Waals surface area contributed by atoms with Crippen LogP contribution < -0.4 is 17.2 Å². The number of rotatable bonds is 17. The Balaban J connectivity index is 0.856. The maximum Gasteiger partial charge on any atom is 0.325 e. The van der Waals surface area contributed by atoms with Crippen LogP contribution in [-0.2, 0) is 72.2 Å². The van der Waals surface area contributed by atoms with Crippen LogP contribution in [0.4, 0.5) is 17.5 Å². The first-order valence-electron chi connectivity index (χ1n) is 20.6. The highest BCUT2D eigenvalue weighted by atomic mass is 32.5. The van der Waals surface area contributed by atoms with Crippen molar-refractivity contribution in [3.05, 3.63) is 56.7 Å². The summed E-state index contributed by atoms with van der Waals surface area (Å²) >= 11 is 16.1. The van der Waals surface area contributed by atoms with Gasteiger partial charge in [0.1, 0.15) is 96.8 Å². The summed E-state index contributed by atoms with van der Waals surface area (Å²) in [6.45, 7) is -14.5. The molecule has 3 aliphatic heterocycles. The zero-order chi connectivity index (χ0) is 50.1. The van der Waals surface area contributed by atoms with Crippen LogP contribution in [0.5, 0.6) is 0 Å². The Bertz CT molecular complexity index is 3230. The van der Waals surface area contributed by atoms with Crippen LogP contribution in [0, 0.1) is 0 Å². The molecule has 7 aromatic heterocycles. The number of nitrogen functional groups attached to an aromatic ring is 3. The third-order valence-electron chi connectivity index (χ3n) is 11.4. The van der Waals surface area contributed by atoms with E-state index >= 15 is 0 Å². The Kier molecular flexibility index (Phi) is 13.8. The van der Waals surface area contributed by atoms with Gasteiger partial charge in [-0.2, -0.15) is 0 Å². The van der Waals surface area contributed by atoms with Gasteiger partial charge in [0.05, 0.1) is 38.8 Å². The highest BCUT2D eigenvalue weighted by molar-refractivity contribution is 8.08. The molecular formula is C33H40N17O15P3S3. The number of anilines is 3. The Labute approximate surface area is 412 Å². The molecule has 10 heterocycles. The van der Waals surface area contributed by atoms with E-state index < -0.39 is 114 Å². The molecule has 3 saturated heterocycles. The second-order valence-electron chi connectivity index (χ2n) is 15.8. The van der Waals surface area contributed by atoms with Gasteiger partial charge in [0.2, 0.25) is 0 Å². The van der Waals surface area contributed by atoms with Crippen LogP contribution in [0.2, 0.25) is 0 Å². The lowest BCUT2D eigenvalue weighted by Crippen LogP contribution is -2.37. The first-order chi connectivity index (χ1) is 33.8. The smallest absolute Gasteiger partial charge is 0.325 e. The van der Waals surface area contributed by atoms with E-state index in [0.29, 0.717) is 0 Å². The predicted octanol–water partition coefficient (Wildman–Crippen LogP) is -2.40. The first-order valence-corrected chi connectivity index (χ1v) is 28.4. The van der Waals surface area contributed by atoms with Crippen molar-refractivity contribution in [3.8, 4) is 0 Å². The van der Waals surface area contributed by atoms with Gasteiger partial charge >= 0.3 is 13.4 Å². The zero-order valence-corrected chi connectivity index (χ0v) is 40.8. The largest absolute Gasteiger partial charge is 0.387 e. The van der Waals surface area contributed by atoms with Crippen molar-refractivity contribution in [1.82, 2.24) is 67.9 Å². The van der Waals surface area contributed by atoms with Crippen molar-refractivity contribution in [1.29, 1.82) is 0 Å². The number of hydrogen-bond donors (Lipinski definition) is 10. The van der Waals surface area contributed by atoms with E-state index in [9.17, 15) is 35.1 Å². The maximum atomic E-state index is 11.8. The molecule has 71 heavy (non-hydrogen) atoms. The summed E-state index contributed by atoms with van der Waals surface area (Å²) in [6.07, 6.45) is -6.35. The molecule has 0 aromatic carbocycles. The van der Waals surface area contributed by atoms with Gasteiger partial charge in [0.15, 0.2) is 53.1 Å². The Morgan fingerprint density at radius 2 is 0.915 bits per heavy atom. The summed E-state index contributed by atoms with van der Waals surface area (Å²) < 4.78 is 52.3. The van der Waals surface area contributed by atoms with Crippen molar-refractivity contribution in [2.24, 2.45) is 0 Å². The molecule has 38 heteroatoms. The molecule has 0 spiro atoms. The van der Waals surface area contributed by atoms with E-state index in [1.165, 1.54) is 68.4 Å². The first kappa shape index (κ1) is 50.2. The lowest BCUT2D eigenvalue weighted by molar-refractivity contribution is -0.0587. The molecule has 3 fully saturated rings. The quantitative estimate of drug-likeness (QED) is 0.0425. The molecule has 13 N–H and O–H groups in total. The molecule has 7 aromatic rings. The third-order valence-corrected chi connectivity index (χ3v) is 16.8. The van der Waals surface area contributed by atoms with Gasteiger partial charge in [0, 0.05) is 12.4 Å². The molecule has 3 unspecified atom stereocenters. The normalized spacial score (nSPS) is 30.6. The topological polar surface area (TPSA) is 442 Å². The lowest BCUT2D eigenvalue weighted by Gasteiger charge is -2.27. The van der Waals surface area contributed by atoms with E-state index in [1.807, 2.05) is 0 Å². The Morgan fingerprint density at radius 3 is 1.34 bits per heavy atom. The highest BCUT2D eigenvalue weighted by Crippen LogP contribution is 2.54. The number of aromatic nitrogens is 14.